The number of hydrogen-bond donors (Lipinski definition) is 0. The molecule has 1 heterocycles. The van der Waals surface area contributed by atoms with Crippen molar-refractivity contribution in [1.82, 2.24) is 0 Å². The summed E-state index contributed by atoms with van der Waals surface area (Å²) in [4.78, 5) is 11.7. The summed E-state index contributed by atoms with van der Waals surface area (Å²) in [7, 11) is 0. The fourth-order valence-electron chi connectivity index (χ4n) is 1.60. The molecular formula is C12H11ClO2. The Morgan fingerprint density at radius 1 is 1.60 bits per heavy atom. The molecule has 0 bridgehead atoms. The van der Waals surface area contributed by atoms with Crippen LogP contribution in [0.3, 0.4) is 0 Å². The zero-order valence-electron chi connectivity index (χ0n) is 8.42. The summed E-state index contributed by atoms with van der Waals surface area (Å²) in [5.74, 6) is 0.668. The molecule has 1 aromatic rings. The molecule has 1 aliphatic rings. The van der Waals surface area contributed by atoms with Gasteiger partial charge in [-0.05, 0) is 24.6 Å². The number of hydrogen-bond acceptors (Lipinski definition) is 2. The second kappa shape index (κ2) is 3.70. The second-order valence-electron chi connectivity index (χ2n) is 3.62. The van der Waals surface area contributed by atoms with Gasteiger partial charge in [0.1, 0.15) is 11.9 Å². The Bertz CT molecular complexity index is 437. The number of Topliss-reactive ketones (excluding diaryl/α,β-unsaturated/α-hetero) is 1. The van der Waals surface area contributed by atoms with Crippen molar-refractivity contribution in [3.63, 3.8) is 0 Å². The molecule has 0 aromatic heterocycles. The van der Waals surface area contributed by atoms with E-state index >= 15 is 0 Å². The molecule has 2 rings (SSSR count). The van der Waals surface area contributed by atoms with Crippen molar-refractivity contribution < 1.29 is 9.53 Å². The summed E-state index contributed by atoms with van der Waals surface area (Å²) in [6, 6.07) is 3.47. The number of fused-ring (bicyclic) bond motifs is 1. The van der Waals surface area contributed by atoms with Crippen LogP contribution in [0.15, 0.2) is 24.8 Å². The van der Waals surface area contributed by atoms with Gasteiger partial charge in [-0.15, -0.1) is 0 Å². The minimum absolute atomic E-state index is 0.0584. The first kappa shape index (κ1) is 10.2. The van der Waals surface area contributed by atoms with Crippen LogP contribution in [0.25, 0.3) is 0 Å². The lowest BCUT2D eigenvalue weighted by molar-refractivity contribution is 0.0894. The van der Waals surface area contributed by atoms with Gasteiger partial charge in [0.15, 0.2) is 5.78 Å². The van der Waals surface area contributed by atoms with E-state index in [9.17, 15) is 4.79 Å². The summed E-state index contributed by atoms with van der Waals surface area (Å²) >= 11 is 5.95. The zero-order chi connectivity index (χ0) is 11.0. The number of benzene rings is 1. The summed E-state index contributed by atoms with van der Waals surface area (Å²) in [6.07, 6.45) is 1.77. The molecule has 15 heavy (non-hydrogen) atoms. The van der Waals surface area contributed by atoms with Crippen LogP contribution in [0, 0.1) is 6.92 Å². The molecule has 3 heteroatoms. The Balaban J connectivity index is 2.50. The van der Waals surface area contributed by atoms with Gasteiger partial charge in [0.2, 0.25) is 0 Å². The molecule has 0 fully saturated rings. The van der Waals surface area contributed by atoms with Crippen LogP contribution in [0.4, 0.5) is 0 Å². The van der Waals surface area contributed by atoms with Gasteiger partial charge < -0.3 is 4.74 Å². The van der Waals surface area contributed by atoms with Crippen LogP contribution in [0.5, 0.6) is 5.75 Å². The van der Waals surface area contributed by atoms with E-state index in [1.807, 2.05) is 6.92 Å². The molecule has 2 nitrogen and oxygen atoms in total. The van der Waals surface area contributed by atoms with Gasteiger partial charge in [0.25, 0.3) is 0 Å². The third kappa shape index (κ3) is 1.77. The smallest absolute Gasteiger partial charge is 0.170 e. The average Bonchev–Trinajstić information content (AvgIpc) is 2.21. The maximum Gasteiger partial charge on any atom is 0.170 e. The number of rotatable bonds is 1. The van der Waals surface area contributed by atoms with Crippen molar-refractivity contribution in [3.8, 4) is 5.75 Å². The van der Waals surface area contributed by atoms with E-state index in [1.165, 1.54) is 0 Å². The Labute approximate surface area is 93.5 Å². The first-order valence-corrected chi connectivity index (χ1v) is 5.12. The molecule has 0 N–H and O–H groups in total. The van der Waals surface area contributed by atoms with E-state index in [-0.39, 0.29) is 11.9 Å². The molecule has 0 amide bonds. The predicted molar refractivity (Wildman–Crippen MR) is 59.7 cm³/mol. The van der Waals surface area contributed by atoms with E-state index in [2.05, 4.69) is 6.58 Å². The lowest BCUT2D eigenvalue weighted by atomic mass is 9.99. The first-order chi connectivity index (χ1) is 7.11. The molecule has 0 saturated carbocycles. The van der Waals surface area contributed by atoms with Crippen LogP contribution in [-0.2, 0) is 0 Å². The summed E-state index contributed by atoms with van der Waals surface area (Å²) in [5, 5.41) is 0.600. The van der Waals surface area contributed by atoms with E-state index in [0.717, 1.165) is 5.56 Å². The van der Waals surface area contributed by atoms with E-state index in [1.54, 1.807) is 18.2 Å². The number of carbonyl (C=O) groups excluding carboxylic acids is 1. The van der Waals surface area contributed by atoms with E-state index < -0.39 is 0 Å². The monoisotopic (exact) mass is 222 g/mol. The van der Waals surface area contributed by atoms with Crippen LogP contribution in [0.1, 0.15) is 22.3 Å². The minimum Gasteiger partial charge on any atom is -0.485 e. The van der Waals surface area contributed by atoms with Crippen molar-refractivity contribution in [3.05, 3.63) is 40.9 Å². The molecule has 1 atom stereocenters. The maximum absolute atomic E-state index is 11.7. The SMILES string of the molecule is C=CC1CC(=O)c2cc(Cl)c(C)cc2O1. The summed E-state index contributed by atoms with van der Waals surface area (Å²) < 4.78 is 5.59. The molecule has 1 aromatic carbocycles. The zero-order valence-corrected chi connectivity index (χ0v) is 9.17. The van der Waals surface area contributed by atoms with Gasteiger partial charge in [-0.1, -0.05) is 24.3 Å². The normalized spacial score (nSPS) is 19.3. The lowest BCUT2D eigenvalue weighted by Gasteiger charge is -2.23. The molecule has 1 unspecified atom stereocenters. The maximum atomic E-state index is 11.7. The first-order valence-electron chi connectivity index (χ1n) is 4.74. The molecule has 0 radical (unpaired) electrons. The minimum atomic E-state index is -0.217. The highest BCUT2D eigenvalue weighted by Crippen LogP contribution is 2.32. The van der Waals surface area contributed by atoms with Crippen molar-refractivity contribution in [2.75, 3.05) is 0 Å². The van der Waals surface area contributed by atoms with Gasteiger partial charge in [-0.2, -0.15) is 0 Å². The highest BCUT2D eigenvalue weighted by atomic mass is 35.5. The van der Waals surface area contributed by atoms with E-state index in [4.69, 9.17) is 16.3 Å². The van der Waals surface area contributed by atoms with Crippen molar-refractivity contribution in [2.24, 2.45) is 0 Å². The quantitative estimate of drug-likeness (QED) is 0.683. The number of carbonyl (C=O) groups is 1. The fraction of sp³-hybridized carbons (Fsp3) is 0.250. The van der Waals surface area contributed by atoms with Crippen LogP contribution in [0.2, 0.25) is 5.02 Å². The van der Waals surface area contributed by atoms with Gasteiger partial charge in [0.05, 0.1) is 12.0 Å². The summed E-state index contributed by atoms with van der Waals surface area (Å²) in [6.45, 7) is 5.51. The van der Waals surface area contributed by atoms with Crippen molar-refractivity contribution in [1.29, 1.82) is 0 Å². The molecule has 78 valence electrons. The van der Waals surface area contributed by atoms with Gasteiger partial charge in [0, 0.05) is 5.02 Å². The third-order valence-electron chi connectivity index (χ3n) is 2.49. The number of ketones is 1. The topological polar surface area (TPSA) is 26.3 Å². The van der Waals surface area contributed by atoms with Crippen LogP contribution >= 0.6 is 11.6 Å². The number of ether oxygens (including phenoxy) is 1. The van der Waals surface area contributed by atoms with Crippen molar-refractivity contribution >= 4 is 17.4 Å². The highest BCUT2D eigenvalue weighted by molar-refractivity contribution is 6.31. The Morgan fingerprint density at radius 2 is 2.33 bits per heavy atom. The molecule has 1 aliphatic heterocycles. The highest BCUT2D eigenvalue weighted by Gasteiger charge is 2.25. The predicted octanol–water partition coefficient (Wildman–Crippen LogP) is 3.17. The fourth-order valence-corrected chi connectivity index (χ4v) is 1.76. The summed E-state index contributed by atoms with van der Waals surface area (Å²) in [5.41, 5.74) is 1.48. The van der Waals surface area contributed by atoms with Crippen LogP contribution in [-0.4, -0.2) is 11.9 Å². The van der Waals surface area contributed by atoms with Gasteiger partial charge in [-0.25, -0.2) is 0 Å². The van der Waals surface area contributed by atoms with Crippen molar-refractivity contribution in [2.45, 2.75) is 19.4 Å². The van der Waals surface area contributed by atoms with Crippen LogP contribution < -0.4 is 4.74 Å². The Morgan fingerprint density at radius 3 is 3.00 bits per heavy atom. The average molecular weight is 223 g/mol. The van der Waals surface area contributed by atoms with Gasteiger partial charge in [-0.3, -0.25) is 4.79 Å². The molecule has 0 spiro atoms. The standard InChI is InChI=1S/C12H11ClO2/c1-3-8-5-11(14)9-6-10(13)7(2)4-12(9)15-8/h3-4,6,8H,1,5H2,2H3. The second-order valence-corrected chi connectivity index (χ2v) is 4.02. The lowest BCUT2D eigenvalue weighted by Crippen LogP contribution is -2.24. The molecular weight excluding hydrogens is 212 g/mol. The largest absolute Gasteiger partial charge is 0.485 e. The van der Waals surface area contributed by atoms with Gasteiger partial charge >= 0.3 is 0 Å². The number of halogens is 1. The molecule has 0 saturated heterocycles. The Hall–Kier alpha value is -1.28. The third-order valence-corrected chi connectivity index (χ3v) is 2.90. The molecule has 0 aliphatic carbocycles. The number of aryl methyl sites for hydroxylation is 1. The van der Waals surface area contributed by atoms with E-state index in [0.29, 0.717) is 22.8 Å². The Kier molecular flexibility index (Phi) is 2.53.